The fourth-order valence-corrected chi connectivity index (χ4v) is 4.63. The van der Waals surface area contributed by atoms with Gasteiger partial charge in [0.05, 0.1) is 17.2 Å². The van der Waals surface area contributed by atoms with Crippen molar-refractivity contribution >= 4 is 16.6 Å². The molecule has 0 spiro atoms. The van der Waals surface area contributed by atoms with E-state index in [4.69, 9.17) is 9.47 Å². The minimum Gasteiger partial charge on any atom is -0.372 e. The summed E-state index contributed by atoms with van der Waals surface area (Å²) in [6, 6.07) is 7.83. The number of nitrogens with zero attached hydrogens (tertiary/aromatic N) is 6. The number of ether oxygens (including phenoxy) is 2. The van der Waals surface area contributed by atoms with E-state index in [1.165, 1.54) is 0 Å². The van der Waals surface area contributed by atoms with Gasteiger partial charge in [-0.05, 0) is 44.7 Å². The van der Waals surface area contributed by atoms with Gasteiger partial charge in [0.2, 0.25) is 0 Å². The van der Waals surface area contributed by atoms with Gasteiger partial charge in [-0.15, -0.1) is 5.10 Å². The number of aromatic nitrogens is 6. The van der Waals surface area contributed by atoms with E-state index in [1.807, 2.05) is 41.8 Å². The molecule has 30 heavy (non-hydrogen) atoms. The highest BCUT2D eigenvalue weighted by Gasteiger charge is 2.47. The molecule has 1 aliphatic heterocycles. The Labute approximate surface area is 171 Å². The number of hydrogen-bond donors (Lipinski definition) is 0. The lowest BCUT2D eigenvalue weighted by atomic mass is 10.1. The van der Waals surface area contributed by atoms with Crippen LogP contribution in [0.3, 0.4) is 0 Å². The molecule has 154 valence electrons. The third-order valence-corrected chi connectivity index (χ3v) is 6.48. The normalized spacial score (nSPS) is 22.9. The van der Waals surface area contributed by atoms with Gasteiger partial charge >= 0.3 is 0 Å². The highest BCUT2D eigenvalue weighted by atomic mass is 16.5. The minimum atomic E-state index is -0.693. The van der Waals surface area contributed by atoms with Crippen LogP contribution in [0.15, 0.2) is 41.6 Å². The fraction of sp³-hybridized carbons (Fsp3) is 0.429. The summed E-state index contributed by atoms with van der Waals surface area (Å²) in [6.45, 7) is 2.61. The average molecular weight is 406 g/mol. The maximum atomic E-state index is 13.8. The van der Waals surface area contributed by atoms with Gasteiger partial charge in [0.15, 0.2) is 11.3 Å². The highest BCUT2D eigenvalue weighted by Crippen LogP contribution is 2.47. The van der Waals surface area contributed by atoms with Gasteiger partial charge < -0.3 is 9.47 Å². The summed E-state index contributed by atoms with van der Waals surface area (Å²) in [7, 11) is 1.69. The standard InChI is InChI=1S/C21H22N6O3/c1-20(8-5-11-30-20)27-15-7-4-3-6-14(15)25-13-22-18(17(25)19(27)28)26-12-16(23-24-26)21(29-2)9-10-21/h3-4,6-7,12-13H,5,8-11H2,1-2H3. The minimum absolute atomic E-state index is 0.157. The van der Waals surface area contributed by atoms with Gasteiger partial charge in [0.1, 0.15) is 23.3 Å². The van der Waals surface area contributed by atoms with Crippen LogP contribution in [0, 0.1) is 0 Å². The van der Waals surface area contributed by atoms with Crippen LogP contribution < -0.4 is 5.56 Å². The predicted molar refractivity (Wildman–Crippen MR) is 109 cm³/mol. The van der Waals surface area contributed by atoms with Crippen molar-refractivity contribution in [3.05, 3.63) is 52.8 Å². The summed E-state index contributed by atoms with van der Waals surface area (Å²) in [5, 5.41) is 8.55. The largest absolute Gasteiger partial charge is 0.372 e. The van der Waals surface area contributed by atoms with Crippen molar-refractivity contribution < 1.29 is 9.47 Å². The van der Waals surface area contributed by atoms with Crippen molar-refractivity contribution in [1.82, 2.24) is 28.9 Å². The molecule has 9 heteroatoms. The van der Waals surface area contributed by atoms with Gasteiger partial charge in [0.25, 0.3) is 5.56 Å². The number of methoxy groups -OCH3 is 1. The number of imidazole rings is 1. The Kier molecular flexibility index (Phi) is 3.55. The molecular formula is C21H22N6O3. The van der Waals surface area contributed by atoms with Crippen LogP contribution in [0.2, 0.25) is 0 Å². The molecule has 1 saturated heterocycles. The summed E-state index contributed by atoms with van der Waals surface area (Å²) < 4.78 is 16.8. The summed E-state index contributed by atoms with van der Waals surface area (Å²) in [5.74, 6) is 0.451. The highest BCUT2D eigenvalue weighted by molar-refractivity contribution is 5.81. The Morgan fingerprint density at radius 3 is 2.67 bits per heavy atom. The van der Waals surface area contributed by atoms with E-state index in [1.54, 1.807) is 22.7 Å². The van der Waals surface area contributed by atoms with E-state index in [9.17, 15) is 4.79 Å². The quantitative estimate of drug-likeness (QED) is 0.517. The van der Waals surface area contributed by atoms with E-state index >= 15 is 0 Å². The van der Waals surface area contributed by atoms with E-state index in [0.29, 0.717) is 17.9 Å². The van der Waals surface area contributed by atoms with Crippen molar-refractivity contribution in [3.8, 4) is 5.82 Å². The Morgan fingerprint density at radius 2 is 1.97 bits per heavy atom. The molecule has 0 amide bonds. The Hall–Kier alpha value is -3.04. The first-order chi connectivity index (χ1) is 14.6. The molecule has 2 fully saturated rings. The first kappa shape index (κ1) is 17.8. The van der Waals surface area contributed by atoms with Crippen molar-refractivity contribution in [1.29, 1.82) is 0 Å². The number of rotatable bonds is 4. The molecule has 0 bridgehead atoms. The molecule has 0 N–H and O–H groups in total. The van der Waals surface area contributed by atoms with Crippen LogP contribution in [0.5, 0.6) is 0 Å². The Balaban J connectivity index is 1.63. The molecule has 3 aromatic heterocycles. The maximum absolute atomic E-state index is 13.8. The van der Waals surface area contributed by atoms with Gasteiger partial charge in [-0.1, -0.05) is 17.3 Å². The smallest absolute Gasteiger partial charge is 0.281 e. The predicted octanol–water partition coefficient (Wildman–Crippen LogP) is 2.35. The summed E-state index contributed by atoms with van der Waals surface area (Å²) >= 11 is 0. The van der Waals surface area contributed by atoms with Gasteiger partial charge in [-0.2, -0.15) is 4.68 Å². The maximum Gasteiger partial charge on any atom is 0.281 e. The summed E-state index contributed by atoms with van der Waals surface area (Å²) in [5.41, 5.74) is 1.71. The van der Waals surface area contributed by atoms with Crippen LogP contribution in [0.4, 0.5) is 0 Å². The number of para-hydroxylation sites is 2. The number of hydrogen-bond acceptors (Lipinski definition) is 6. The fourth-order valence-electron chi connectivity index (χ4n) is 4.63. The third-order valence-electron chi connectivity index (χ3n) is 6.48. The first-order valence-electron chi connectivity index (χ1n) is 10.2. The average Bonchev–Trinajstić information content (AvgIpc) is 3.12. The van der Waals surface area contributed by atoms with Gasteiger partial charge in [-0.3, -0.25) is 13.8 Å². The lowest BCUT2D eigenvalue weighted by Crippen LogP contribution is -2.39. The second kappa shape index (κ2) is 5.99. The number of benzene rings is 1. The second-order valence-electron chi connectivity index (χ2n) is 8.29. The topological polar surface area (TPSA) is 88.5 Å². The van der Waals surface area contributed by atoms with Crippen LogP contribution in [-0.2, 0) is 20.8 Å². The second-order valence-corrected chi connectivity index (χ2v) is 8.29. The molecule has 1 atom stereocenters. The van der Waals surface area contributed by atoms with Gasteiger partial charge in [0, 0.05) is 13.7 Å². The lowest BCUT2D eigenvalue weighted by Gasteiger charge is -2.28. The molecule has 1 saturated carbocycles. The molecule has 1 unspecified atom stereocenters. The van der Waals surface area contributed by atoms with E-state index < -0.39 is 5.72 Å². The molecular weight excluding hydrogens is 384 g/mol. The van der Waals surface area contributed by atoms with Crippen molar-refractivity contribution in [2.24, 2.45) is 0 Å². The zero-order valence-electron chi connectivity index (χ0n) is 16.9. The molecule has 1 aromatic carbocycles. The van der Waals surface area contributed by atoms with Crippen LogP contribution in [-0.4, -0.2) is 42.7 Å². The van der Waals surface area contributed by atoms with E-state index in [0.717, 1.165) is 42.4 Å². The SMILES string of the molecule is COC1(c2cn(-c3ncn4c3c(=O)n(C3(C)CCCO3)c3ccccc34)nn2)CC1. The van der Waals surface area contributed by atoms with Crippen molar-refractivity contribution in [2.75, 3.05) is 13.7 Å². The Bertz CT molecular complexity index is 1340. The molecule has 9 nitrogen and oxygen atoms in total. The first-order valence-corrected chi connectivity index (χ1v) is 10.2. The zero-order valence-corrected chi connectivity index (χ0v) is 16.9. The molecule has 1 aliphatic carbocycles. The van der Waals surface area contributed by atoms with Crippen molar-refractivity contribution in [3.63, 3.8) is 0 Å². The zero-order chi connectivity index (χ0) is 20.5. The van der Waals surface area contributed by atoms with E-state index in [-0.39, 0.29) is 11.2 Å². The van der Waals surface area contributed by atoms with Gasteiger partial charge in [-0.25, -0.2) is 4.98 Å². The molecule has 4 heterocycles. The number of fused-ring (bicyclic) bond motifs is 3. The lowest BCUT2D eigenvalue weighted by molar-refractivity contribution is -0.0447. The van der Waals surface area contributed by atoms with Crippen molar-refractivity contribution in [2.45, 2.75) is 43.9 Å². The third kappa shape index (κ3) is 2.30. The monoisotopic (exact) mass is 406 g/mol. The summed E-state index contributed by atoms with van der Waals surface area (Å²) in [4.78, 5) is 18.3. The van der Waals surface area contributed by atoms with Crippen LogP contribution in [0.1, 0.15) is 38.3 Å². The van der Waals surface area contributed by atoms with Crippen LogP contribution >= 0.6 is 0 Å². The Morgan fingerprint density at radius 1 is 1.17 bits per heavy atom. The molecule has 0 radical (unpaired) electrons. The summed E-state index contributed by atoms with van der Waals surface area (Å²) in [6.07, 6.45) is 7.01. The van der Waals surface area contributed by atoms with Crippen LogP contribution in [0.25, 0.3) is 22.4 Å². The molecule has 2 aliphatic rings. The molecule has 6 rings (SSSR count). The van der Waals surface area contributed by atoms with E-state index in [2.05, 4.69) is 15.3 Å². The molecule has 4 aromatic rings.